The Kier molecular flexibility index (Phi) is 7.37. The second-order valence-electron chi connectivity index (χ2n) is 6.66. The lowest BCUT2D eigenvalue weighted by Crippen LogP contribution is -2.45. The molecular formula is C21H26N2O5. The number of furan rings is 1. The van der Waals surface area contributed by atoms with E-state index in [1.807, 2.05) is 45.9 Å². The molecule has 28 heavy (non-hydrogen) atoms. The van der Waals surface area contributed by atoms with Crippen LogP contribution in [0.2, 0.25) is 0 Å². The zero-order chi connectivity index (χ0) is 20.7. The number of ether oxygens (including phenoxy) is 1. The number of anilines is 1. The van der Waals surface area contributed by atoms with E-state index in [1.165, 1.54) is 23.5 Å². The number of aryl methyl sites for hydroxylation is 1. The number of rotatable bonds is 8. The third-order valence-corrected chi connectivity index (χ3v) is 4.72. The zero-order valence-electron chi connectivity index (χ0n) is 16.7. The summed E-state index contributed by atoms with van der Waals surface area (Å²) < 4.78 is 9.86. The Morgan fingerprint density at radius 3 is 2.61 bits per heavy atom. The summed E-state index contributed by atoms with van der Waals surface area (Å²) in [6.07, 6.45) is 3.26. The first-order chi connectivity index (χ1) is 13.3. The monoisotopic (exact) mass is 386 g/mol. The van der Waals surface area contributed by atoms with Crippen molar-refractivity contribution in [3.05, 3.63) is 53.5 Å². The van der Waals surface area contributed by atoms with Crippen LogP contribution in [0.3, 0.4) is 0 Å². The molecule has 1 atom stereocenters. The van der Waals surface area contributed by atoms with Crippen LogP contribution in [-0.2, 0) is 14.3 Å². The zero-order valence-corrected chi connectivity index (χ0v) is 16.7. The van der Waals surface area contributed by atoms with E-state index >= 15 is 0 Å². The molecule has 0 saturated heterocycles. The number of nitrogens with zero attached hydrogens (tertiary/aromatic N) is 1. The first-order valence-electron chi connectivity index (χ1n) is 9.18. The fraction of sp³-hybridized carbons (Fsp3) is 0.381. The molecule has 2 rings (SSSR count). The minimum absolute atomic E-state index is 0.121. The van der Waals surface area contributed by atoms with Gasteiger partial charge in [-0.05, 0) is 50.5 Å². The summed E-state index contributed by atoms with van der Waals surface area (Å²) in [5.74, 6) is -1.38. The SMILES string of the molecule is CC[C@H](C)N(CC(=O)Nc1cccc(C)c1C)C(=O)COC(=O)c1ccoc1. The van der Waals surface area contributed by atoms with Gasteiger partial charge in [-0.3, -0.25) is 9.59 Å². The number of hydrogen-bond donors (Lipinski definition) is 1. The van der Waals surface area contributed by atoms with Gasteiger partial charge < -0.3 is 19.4 Å². The second kappa shape index (κ2) is 9.73. The van der Waals surface area contributed by atoms with Gasteiger partial charge >= 0.3 is 5.97 Å². The van der Waals surface area contributed by atoms with Crippen molar-refractivity contribution in [3.63, 3.8) is 0 Å². The molecule has 0 spiro atoms. The molecule has 0 fully saturated rings. The average molecular weight is 386 g/mol. The number of esters is 1. The van der Waals surface area contributed by atoms with Gasteiger partial charge in [0, 0.05) is 11.7 Å². The van der Waals surface area contributed by atoms with Gasteiger partial charge in [-0.1, -0.05) is 19.1 Å². The number of nitrogens with one attached hydrogen (secondary N) is 1. The summed E-state index contributed by atoms with van der Waals surface area (Å²) in [6.45, 7) is 7.10. The highest BCUT2D eigenvalue weighted by atomic mass is 16.5. The van der Waals surface area contributed by atoms with E-state index in [9.17, 15) is 14.4 Å². The molecule has 0 aliphatic rings. The van der Waals surface area contributed by atoms with Gasteiger partial charge in [-0.15, -0.1) is 0 Å². The Hall–Kier alpha value is -3.09. The van der Waals surface area contributed by atoms with Crippen molar-refractivity contribution in [3.8, 4) is 0 Å². The molecule has 7 heteroatoms. The lowest BCUT2D eigenvalue weighted by molar-refractivity contribution is -0.139. The molecule has 1 N–H and O–H groups in total. The molecular weight excluding hydrogens is 360 g/mol. The van der Waals surface area contributed by atoms with E-state index in [2.05, 4.69) is 5.32 Å². The minimum Gasteiger partial charge on any atom is -0.472 e. The molecule has 1 heterocycles. The van der Waals surface area contributed by atoms with Crippen molar-refractivity contribution >= 4 is 23.5 Å². The van der Waals surface area contributed by atoms with Crippen LogP contribution in [0.4, 0.5) is 5.69 Å². The first kappa shape index (κ1) is 21.2. The summed E-state index contributed by atoms with van der Waals surface area (Å²) in [4.78, 5) is 38.4. The maximum Gasteiger partial charge on any atom is 0.341 e. The first-order valence-corrected chi connectivity index (χ1v) is 9.18. The highest BCUT2D eigenvalue weighted by Crippen LogP contribution is 2.18. The van der Waals surface area contributed by atoms with E-state index in [0.29, 0.717) is 12.1 Å². The molecule has 1 aromatic heterocycles. The van der Waals surface area contributed by atoms with Crippen LogP contribution in [0, 0.1) is 13.8 Å². The van der Waals surface area contributed by atoms with Gasteiger partial charge in [0.05, 0.1) is 11.8 Å². The number of carbonyl (C=O) groups excluding carboxylic acids is 3. The standard InChI is InChI=1S/C21H26N2O5/c1-5-15(3)23(20(25)13-28-21(26)17-9-10-27-12-17)11-19(24)22-18-8-6-7-14(2)16(18)4/h6-10,12,15H,5,11,13H2,1-4H3,(H,22,24)/t15-/m0/s1. The maximum absolute atomic E-state index is 12.6. The van der Waals surface area contributed by atoms with E-state index in [0.717, 1.165) is 11.1 Å². The fourth-order valence-corrected chi connectivity index (χ4v) is 2.62. The van der Waals surface area contributed by atoms with E-state index in [4.69, 9.17) is 9.15 Å². The van der Waals surface area contributed by atoms with Crippen LogP contribution in [-0.4, -0.2) is 41.9 Å². The van der Waals surface area contributed by atoms with Crippen LogP contribution in [0.1, 0.15) is 41.8 Å². The Balaban J connectivity index is 1.99. The lowest BCUT2D eigenvalue weighted by atomic mass is 10.1. The van der Waals surface area contributed by atoms with E-state index in [-0.39, 0.29) is 24.1 Å². The molecule has 150 valence electrons. The average Bonchev–Trinajstić information content (AvgIpc) is 3.22. The highest BCUT2D eigenvalue weighted by molar-refractivity contribution is 5.96. The minimum atomic E-state index is -0.647. The van der Waals surface area contributed by atoms with Crippen molar-refractivity contribution in [2.75, 3.05) is 18.5 Å². The van der Waals surface area contributed by atoms with Gasteiger partial charge in [0.1, 0.15) is 12.8 Å². The smallest absolute Gasteiger partial charge is 0.341 e. The summed E-state index contributed by atoms with van der Waals surface area (Å²) in [5.41, 5.74) is 2.99. The predicted octanol–water partition coefficient (Wildman–Crippen LogP) is 3.32. The van der Waals surface area contributed by atoms with Gasteiger partial charge in [0.25, 0.3) is 5.91 Å². The second-order valence-corrected chi connectivity index (χ2v) is 6.66. The molecule has 0 aliphatic carbocycles. The summed E-state index contributed by atoms with van der Waals surface area (Å²) in [5, 5.41) is 2.85. The van der Waals surface area contributed by atoms with Crippen molar-refractivity contribution in [1.82, 2.24) is 4.90 Å². The Bertz CT molecular complexity index is 829. The van der Waals surface area contributed by atoms with Gasteiger partial charge in [0.2, 0.25) is 5.91 Å². The number of carbonyl (C=O) groups is 3. The van der Waals surface area contributed by atoms with Crippen LogP contribution < -0.4 is 5.32 Å². The van der Waals surface area contributed by atoms with E-state index < -0.39 is 18.5 Å². The predicted molar refractivity (Wildman–Crippen MR) is 105 cm³/mol. The fourth-order valence-electron chi connectivity index (χ4n) is 2.62. The normalized spacial score (nSPS) is 11.6. The van der Waals surface area contributed by atoms with Gasteiger partial charge in [-0.2, -0.15) is 0 Å². The van der Waals surface area contributed by atoms with Crippen LogP contribution >= 0.6 is 0 Å². The lowest BCUT2D eigenvalue weighted by Gasteiger charge is -2.28. The topological polar surface area (TPSA) is 88.9 Å². The number of benzene rings is 1. The summed E-state index contributed by atoms with van der Waals surface area (Å²) in [6, 6.07) is 6.93. The quantitative estimate of drug-likeness (QED) is 0.703. The molecule has 2 aromatic rings. The summed E-state index contributed by atoms with van der Waals surface area (Å²) >= 11 is 0. The third-order valence-electron chi connectivity index (χ3n) is 4.72. The molecule has 0 saturated carbocycles. The van der Waals surface area contributed by atoms with Crippen molar-refractivity contribution in [1.29, 1.82) is 0 Å². The van der Waals surface area contributed by atoms with Crippen molar-refractivity contribution < 1.29 is 23.5 Å². The van der Waals surface area contributed by atoms with Gasteiger partial charge in [0.15, 0.2) is 6.61 Å². The highest BCUT2D eigenvalue weighted by Gasteiger charge is 2.23. The Labute approximate surface area is 164 Å². The third kappa shape index (κ3) is 5.45. The molecule has 0 unspecified atom stereocenters. The Morgan fingerprint density at radius 1 is 1.21 bits per heavy atom. The van der Waals surface area contributed by atoms with E-state index in [1.54, 1.807) is 0 Å². The molecule has 0 bridgehead atoms. The molecule has 0 radical (unpaired) electrons. The largest absolute Gasteiger partial charge is 0.472 e. The summed E-state index contributed by atoms with van der Waals surface area (Å²) in [7, 11) is 0. The van der Waals surface area contributed by atoms with Gasteiger partial charge in [-0.25, -0.2) is 4.79 Å². The number of amides is 2. The molecule has 0 aliphatic heterocycles. The Morgan fingerprint density at radius 2 is 1.96 bits per heavy atom. The molecule has 1 aromatic carbocycles. The van der Waals surface area contributed by atoms with Crippen LogP contribution in [0.15, 0.2) is 41.2 Å². The molecule has 7 nitrogen and oxygen atoms in total. The molecule has 2 amide bonds. The van der Waals surface area contributed by atoms with Crippen molar-refractivity contribution in [2.45, 2.75) is 40.2 Å². The number of hydrogen-bond acceptors (Lipinski definition) is 5. The maximum atomic E-state index is 12.6. The van der Waals surface area contributed by atoms with Crippen molar-refractivity contribution in [2.24, 2.45) is 0 Å². The van der Waals surface area contributed by atoms with Crippen LogP contribution in [0.25, 0.3) is 0 Å². The van der Waals surface area contributed by atoms with Crippen LogP contribution in [0.5, 0.6) is 0 Å².